The van der Waals surface area contributed by atoms with Gasteiger partial charge in [0.25, 0.3) is 0 Å². The first kappa shape index (κ1) is 20.3. The summed E-state index contributed by atoms with van der Waals surface area (Å²) in [6.07, 6.45) is 2.34. The molecule has 2 aromatic rings. The predicted octanol–water partition coefficient (Wildman–Crippen LogP) is 2.41. The smallest absolute Gasteiger partial charge is 0.248 e. The molecule has 0 aliphatic carbocycles. The van der Waals surface area contributed by atoms with Crippen LogP contribution < -0.4 is 15.5 Å². The third kappa shape index (κ3) is 4.04. The van der Waals surface area contributed by atoms with Gasteiger partial charge in [0.15, 0.2) is 0 Å². The Balaban J connectivity index is 1.79. The van der Waals surface area contributed by atoms with Gasteiger partial charge in [0, 0.05) is 25.5 Å². The van der Waals surface area contributed by atoms with E-state index >= 15 is 0 Å². The highest BCUT2D eigenvalue weighted by Gasteiger charge is 2.50. The molecular weight excluding hydrogens is 368 g/mol. The summed E-state index contributed by atoms with van der Waals surface area (Å²) in [6, 6.07) is 11.3. The van der Waals surface area contributed by atoms with E-state index in [0.29, 0.717) is 24.7 Å². The van der Waals surface area contributed by atoms with Gasteiger partial charge in [-0.15, -0.1) is 0 Å². The Morgan fingerprint density at radius 3 is 2.83 bits per heavy atom. The molecule has 0 radical (unpaired) electrons. The highest BCUT2D eigenvalue weighted by Crippen LogP contribution is 2.40. The second kappa shape index (κ2) is 8.27. The lowest BCUT2D eigenvalue weighted by Gasteiger charge is -2.24. The van der Waals surface area contributed by atoms with Gasteiger partial charge in [-0.05, 0) is 36.1 Å². The van der Waals surface area contributed by atoms with E-state index in [1.54, 1.807) is 24.2 Å². The molecule has 0 spiro atoms. The molecule has 1 saturated heterocycles. The molecule has 1 aromatic carbocycles. The summed E-state index contributed by atoms with van der Waals surface area (Å²) < 4.78 is 0. The predicted molar refractivity (Wildman–Crippen MR) is 109 cm³/mol. The topological polar surface area (TPSA) is 111 Å². The van der Waals surface area contributed by atoms with Crippen molar-refractivity contribution in [3.63, 3.8) is 0 Å². The van der Waals surface area contributed by atoms with E-state index in [1.165, 1.54) is 0 Å². The Bertz CT molecular complexity index is 968. The van der Waals surface area contributed by atoms with Crippen LogP contribution in [0.3, 0.4) is 0 Å². The van der Waals surface area contributed by atoms with E-state index in [1.807, 2.05) is 38.1 Å². The Kier molecular flexibility index (Phi) is 5.78. The van der Waals surface area contributed by atoms with E-state index in [9.17, 15) is 14.9 Å². The van der Waals surface area contributed by atoms with Crippen molar-refractivity contribution in [2.45, 2.75) is 26.7 Å². The monoisotopic (exact) mass is 392 g/mol. The van der Waals surface area contributed by atoms with Crippen LogP contribution in [0.5, 0.6) is 0 Å². The zero-order valence-corrected chi connectivity index (χ0v) is 16.8. The third-order valence-electron chi connectivity index (χ3n) is 5.29. The summed E-state index contributed by atoms with van der Waals surface area (Å²) >= 11 is 0. The van der Waals surface area contributed by atoms with Crippen molar-refractivity contribution in [3.8, 4) is 6.07 Å². The summed E-state index contributed by atoms with van der Waals surface area (Å²) in [5, 5.41) is 15.3. The van der Waals surface area contributed by atoms with Crippen LogP contribution in [0.2, 0.25) is 0 Å². The van der Waals surface area contributed by atoms with Crippen molar-refractivity contribution in [2.24, 2.45) is 11.3 Å². The van der Waals surface area contributed by atoms with Crippen LogP contribution in [0.25, 0.3) is 0 Å². The molecule has 1 aliphatic heterocycles. The molecule has 2 heterocycles. The molecule has 1 aliphatic rings. The molecule has 150 valence electrons. The number of aromatic nitrogens is 2. The number of nitrogens with zero attached hydrogens (tertiary/aromatic N) is 4. The highest BCUT2D eigenvalue weighted by atomic mass is 16.2. The van der Waals surface area contributed by atoms with E-state index in [2.05, 4.69) is 26.7 Å². The quantitative estimate of drug-likeness (QED) is 0.781. The van der Waals surface area contributed by atoms with Crippen LogP contribution >= 0.6 is 0 Å². The number of hydrogen-bond acceptors (Lipinski definition) is 6. The number of anilines is 3. The maximum absolute atomic E-state index is 12.9. The molecule has 8 nitrogen and oxygen atoms in total. The lowest BCUT2D eigenvalue weighted by atomic mass is 9.77. The number of benzene rings is 1. The lowest BCUT2D eigenvalue weighted by Crippen LogP contribution is -2.37. The molecule has 1 atom stereocenters. The summed E-state index contributed by atoms with van der Waals surface area (Å²) in [6.45, 7) is 4.23. The second-order valence-corrected chi connectivity index (χ2v) is 7.36. The number of rotatable bonds is 6. The summed E-state index contributed by atoms with van der Waals surface area (Å²) in [5.74, 6) is 0.442. The Morgan fingerprint density at radius 2 is 2.17 bits per heavy atom. The molecule has 0 saturated carbocycles. The standard InChI is InChI=1S/C21H24N6O2/c1-14(2)21(13-22)8-10-27(19(21)29)17-7-9-24-20(26-17)25-16-6-4-5-15(11-16)12-18(28)23-3/h4-7,9,11,14H,8,10,12H2,1-3H3,(H,23,28)(H,24,25,26)/t21-/m1/s1. The summed E-state index contributed by atoms with van der Waals surface area (Å²) in [5.41, 5.74) is 0.591. The van der Waals surface area contributed by atoms with Crippen molar-refractivity contribution in [2.75, 3.05) is 23.8 Å². The number of hydrogen-bond donors (Lipinski definition) is 2. The lowest BCUT2D eigenvalue weighted by molar-refractivity contribution is -0.124. The molecule has 8 heteroatoms. The van der Waals surface area contributed by atoms with Gasteiger partial charge in [-0.1, -0.05) is 26.0 Å². The van der Waals surface area contributed by atoms with Gasteiger partial charge >= 0.3 is 0 Å². The van der Waals surface area contributed by atoms with Crippen molar-refractivity contribution in [3.05, 3.63) is 42.1 Å². The highest BCUT2D eigenvalue weighted by molar-refractivity contribution is 6.01. The van der Waals surface area contributed by atoms with Crippen LogP contribution in [-0.2, 0) is 16.0 Å². The van der Waals surface area contributed by atoms with Crippen molar-refractivity contribution < 1.29 is 9.59 Å². The van der Waals surface area contributed by atoms with Crippen LogP contribution in [0.1, 0.15) is 25.8 Å². The van der Waals surface area contributed by atoms with Gasteiger partial charge in [-0.2, -0.15) is 10.2 Å². The molecule has 2 N–H and O–H groups in total. The number of likely N-dealkylation sites (N-methyl/N-ethyl adjacent to an activating group) is 1. The SMILES string of the molecule is CNC(=O)Cc1cccc(Nc2nccc(N3CC[C@@](C#N)(C(C)C)C3=O)n2)c1. The first-order valence-electron chi connectivity index (χ1n) is 9.52. The molecule has 1 aromatic heterocycles. The van der Waals surface area contributed by atoms with Gasteiger partial charge < -0.3 is 10.6 Å². The number of carbonyl (C=O) groups is 2. The van der Waals surface area contributed by atoms with E-state index in [-0.39, 0.29) is 24.2 Å². The Labute approximate surface area is 170 Å². The minimum atomic E-state index is -1.01. The zero-order chi connectivity index (χ0) is 21.0. The number of amides is 2. The van der Waals surface area contributed by atoms with E-state index in [4.69, 9.17) is 0 Å². The number of carbonyl (C=O) groups excluding carboxylic acids is 2. The van der Waals surface area contributed by atoms with Gasteiger partial charge in [0.2, 0.25) is 17.8 Å². The molecule has 29 heavy (non-hydrogen) atoms. The fourth-order valence-corrected chi connectivity index (χ4v) is 3.45. The van der Waals surface area contributed by atoms with Gasteiger partial charge in [0.05, 0.1) is 12.5 Å². The fourth-order valence-electron chi connectivity index (χ4n) is 3.45. The normalized spacial score (nSPS) is 18.6. The van der Waals surface area contributed by atoms with Crippen LogP contribution in [-0.4, -0.2) is 35.4 Å². The second-order valence-electron chi connectivity index (χ2n) is 7.36. The Morgan fingerprint density at radius 1 is 1.38 bits per heavy atom. The first-order valence-corrected chi connectivity index (χ1v) is 9.52. The van der Waals surface area contributed by atoms with Gasteiger partial charge in [-0.3, -0.25) is 14.5 Å². The Hall–Kier alpha value is -3.47. The molecular formula is C21H24N6O2. The average Bonchev–Trinajstić information content (AvgIpc) is 3.06. The van der Waals surface area contributed by atoms with Crippen LogP contribution in [0, 0.1) is 22.7 Å². The summed E-state index contributed by atoms with van der Waals surface area (Å²) in [7, 11) is 1.60. The van der Waals surface area contributed by atoms with Crippen LogP contribution in [0.4, 0.5) is 17.5 Å². The van der Waals surface area contributed by atoms with Crippen molar-refractivity contribution >= 4 is 29.3 Å². The van der Waals surface area contributed by atoms with E-state index < -0.39 is 5.41 Å². The first-order chi connectivity index (χ1) is 13.9. The van der Waals surface area contributed by atoms with Gasteiger partial charge in [-0.25, -0.2) is 4.98 Å². The fraction of sp³-hybridized carbons (Fsp3) is 0.381. The van der Waals surface area contributed by atoms with E-state index in [0.717, 1.165) is 11.3 Å². The average molecular weight is 392 g/mol. The molecule has 3 rings (SSSR count). The van der Waals surface area contributed by atoms with Crippen molar-refractivity contribution in [1.82, 2.24) is 15.3 Å². The minimum absolute atomic E-state index is 0.0703. The number of nitriles is 1. The number of nitrogens with one attached hydrogen (secondary N) is 2. The maximum Gasteiger partial charge on any atom is 0.248 e. The van der Waals surface area contributed by atoms with Gasteiger partial charge in [0.1, 0.15) is 11.2 Å². The largest absolute Gasteiger partial charge is 0.359 e. The third-order valence-corrected chi connectivity index (χ3v) is 5.29. The molecule has 2 amide bonds. The molecule has 1 fully saturated rings. The molecule has 0 unspecified atom stereocenters. The zero-order valence-electron chi connectivity index (χ0n) is 16.8. The van der Waals surface area contributed by atoms with Crippen LogP contribution in [0.15, 0.2) is 36.5 Å². The maximum atomic E-state index is 12.9. The summed E-state index contributed by atoms with van der Waals surface area (Å²) in [4.78, 5) is 34.8. The molecule has 0 bridgehead atoms. The van der Waals surface area contributed by atoms with Crippen molar-refractivity contribution in [1.29, 1.82) is 5.26 Å². The minimum Gasteiger partial charge on any atom is -0.359 e.